The molecule has 98 valence electrons. The SMILES string of the molecule is CCCC(CNC(C)(C)C)C(C)CCOC. The van der Waals surface area contributed by atoms with E-state index in [1.54, 1.807) is 7.11 Å². The van der Waals surface area contributed by atoms with E-state index in [1.807, 2.05) is 0 Å². The molecule has 0 aromatic rings. The fourth-order valence-electron chi connectivity index (χ4n) is 1.94. The van der Waals surface area contributed by atoms with Gasteiger partial charge in [0.1, 0.15) is 0 Å². The summed E-state index contributed by atoms with van der Waals surface area (Å²) < 4.78 is 5.17. The van der Waals surface area contributed by atoms with Crippen LogP contribution in [0.3, 0.4) is 0 Å². The molecule has 0 fully saturated rings. The van der Waals surface area contributed by atoms with E-state index >= 15 is 0 Å². The highest BCUT2D eigenvalue weighted by molar-refractivity contribution is 4.75. The van der Waals surface area contributed by atoms with Gasteiger partial charge in [0.2, 0.25) is 0 Å². The smallest absolute Gasteiger partial charge is 0.0464 e. The van der Waals surface area contributed by atoms with Crippen molar-refractivity contribution in [1.82, 2.24) is 5.32 Å². The first-order valence-electron chi connectivity index (χ1n) is 6.64. The summed E-state index contributed by atoms with van der Waals surface area (Å²) in [6, 6.07) is 0. The number of hydrogen-bond donors (Lipinski definition) is 1. The normalized spacial score (nSPS) is 16.1. The number of nitrogens with one attached hydrogen (secondary N) is 1. The molecule has 0 bridgehead atoms. The Labute approximate surface area is 102 Å². The summed E-state index contributed by atoms with van der Waals surface area (Å²) in [7, 11) is 1.79. The minimum absolute atomic E-state index is 0.229. The van der Waals surface area contributed by atoms with Gasteiger partial charge in [0, 0.05) is 19.3 Å². The zero-order chi connectivity index (χ0) is 12.6. The van der Waals surface area contributed by atoms with Gasteiger partial charge >= 0.3 is 0 Å². The third kappa shape index (κ3) is 8.12. The van der Waals surface area contributed by atoms with Crippen molar-refractivity contribution >= 4 is 0 Å². The third-order valence-electron chi connectivity index (χ3n) is 3.14. The molecule has 0 rings (SSSR count). The Morgan fingerprint density at radius 1 is 1.19 bits per heavy atom. The van der Waals surface area contributed by atoms with Gasteiger partial charge in [-0.2, -0.15) is 0 Å². The van der Waals surface area contributed by atoms with E-state index in [0.717, 1.165) is 25.0 Å². The molecule has 2 atom stereocenters. The summed E-state index contributed by atoms with van der Waals surface area (Å²) in [4.78, 5) is 0. The van der Waals surface area contributed by atoms with Gasteiger partial charge in [-0.25, -0.2) is 0 Å². The molecule has 0 aliphatic rings. The lowest BCUT2D eigenvalue weighted by Gasteiger charge is -2.29. The van der Waals surface area contributed by atoms with Crippen LogP contribution >= 0.6 is 0 Å². The largest absolute Gasteiger partial charge is 0.385 e. The summed E-state index contributed by atoms with van der Waals surface area (Å²) in [5.41, 5.74) is 0.229. The van der Waals surface area contributed by atoms with Gasteiger partial charge in [0.05, 0.1) is 0 Å². The zero-order valence-corrected chi connectivity index (χ0v) is 12.1. The number of hydrogen-bond acceptors (Lipinski definition) is 2. The van der Waals surface area contributed by atoms with E-state index in [1.165, 1.54) is 19.3 Å². The monoisotopic (exact) mass is 229 g/mol. The average Bonchev–Trinajstić information content (AvgIpc) is 2.19. The minimum atomic E-state index is 0.229. The highest BCUT2D eigenvalue weighted by atomic mass is 16.5. The van der Waals surface area contributed by atoms with Gasteiger partial charge in [-0.1, -0.05) is 20.3 Å². The van der Waals surface area contributed by atoms with Crippen LogP contribution in [-0.4, -0.2) is 25.8 Å². The fourth-order valence-corrected chi connectivity index (χ4v) is 1.94. The maximum atomic E-state index is 5.17. The summed E-state index contributed by atoms with van der Waals surface area (Å²) in [5.74, 6) is 1.52. The van der Waals surface area contributed by atoms with Gasteiger partial charge in [-0.05, 0) is 52.0 Å². The van der Waals surface area contributed by atoms with Gasteiger partial charge in [-0.15, -0.1) is 0 Å². The van der Waals surface area contributed by atoms with Crippen LogP contribution in [0.15, 0.2) is 0 Å². The maximum Gasteiger partial charge on any atom is 0.0464 e. The predicted octanol–water partition coefficient (Wildman–Crippen LogP) is 3.46. The van der Waals surface area contributed by atoms with Crippen molar-refractivity contribution in [2.24, 2.45) is 11.8 Å². The van der Waals surface area contributed by atoms with Crippen molar-refractivity contribution in [2.45, 2.75) is 59.4 Å². The van der Waals surface area contributed by atoms with Gasteiger partial charge in [0.25, 0.3) is 0 Å². The molecular formula is C14H31NO. The molecule has 0 aromatic heterocycles. The number of rotatable bonds is 8. The first kappa shape index (κ1) is 15.9. The molecule has 0 radical (unpaired) electrons. The van der Waals surface area contributed by atoms with Crippen molar-refractivity contribution in [3.8, 4) is 0 Å². The first-order chi connectivity index (χ1) is 7.40. The molecule has 1 N–H and O–H groups in total. The van der Waals surface area contributed by atoms with Crippen LogP contribution < -0.4 is 5.32 Å². The van der Waals surface area contributed by atoms with Crippen LogP contribution in [0, 0.1) is 11.8 Å². The average molecular weight is 229 g/mol. The zero-order valence-electron chi connectivity index (χ0n) is 12.1. The summed E-state index contributed by atoms with van der Waals surface area (Å²) in [6.45, 7) is 13.3. The van der Waals surface area contributed by atoms with Crippen molar-refractivity contribution in [2.75, 3.05) is 20.3 Å². The number of ether oxygens (including phenoxy) is 1. The second kappa shape index (κ2) is 8.08. The van der Waals surface area contributed by atoms with E-state index < -0.39 is 0 Å². The molecule has 0 amide bonds. The first-order valence-corrected chi connectivity index (χ1v) is 6.64. The van der Waals surface area contributed by atoms with Crippen LogP contribution in [0.2, 0.25) is 0 Å². The molecule has 0 aliphatic heterocycles. The lowest BCUT2D eigenvalue weighted by atomic mass is 9.87. The second-order valence-corrected chi connectivity index (χ2v) is 5.94. The summed E-state index contributed by atoms with van der Waals surface area (Å²) in [6.07, 6.45) is 3.76. The Hall–Kier alpha value is -0.0800. The Morgan fingerprint density at radius 3 is 2.25 bits per heavy atom. The Balaban J connectivity index is 4.04. The van der Waals surface area contributed by atoms with Crippen LogP contribution in [0.1, 0.15) is 53.9 Å². The van der Waals surface area contributed by atoms with E-state index in [9.17, 15) is 0 Å². The van der Waals surface area contributed by atoms with E-state index in [0.29, 0.717) is 0 Å². The van der Waals surface area contributed by atoms with Crippen LogP contribution in [0.5, 0.6) is 0 Å². The van der Waals surface area contributed by atoms with Gasteiger partial charge in [0.15, 0.2) is 0 Å². The predicted molar refractivity (Wildman–Crippen MR) is 71.8 cm³/mol. The van der Waals surface area contributed by atoms with Gasteiger partial charge in [-0.3, -0.25) is 0 Å². The van der Waals surface area contributed by atoms with Crippen molar-refractivity contribution in [3.05, 3.63) is 0 Å². The summed E-state index contributed by atoms with van der Waals surface area (Å²) in [5, 5.41) is 3.62. The molecule has 0 heterocycles. The van der Waals surface area contributed by atoms with Crippen LogP contribution in [0.25, 0.3) is 0 Å². The van der Waals surface area contributed by atoms with Crippen molar-refractivity contribution < 1.29 is 4.74 Å². The van der Waals surface area contributed by atoms with E-state index in [4.69, 9.17) is 4.74 Å². The highest BCUT2D eigenvalue weighted by Gasteiger charge is 2.18. The van der Waals surface area contributed by atoms with E-state index in [-0.39, 0.29) is 5.54 Å². The molecule has 0 spiro atoms. The summed E-state index contributed by atoms with van der Waals surface area (Å²) >= 11 is 0. The lowest BCUT2D eigenvalue weighted by molar-refractivity contribution is 0.159. The fraction of sp³-hybridized carbons (Fsp3) is 1.00. The Morgan fingerprint density at radius 2 is 1.81 bits per heavy atom. The quantitative estimate of drug-likeness (QED) is 0.688. The molecule has 0 aliphatic carbocycles. The molecule has 0 saturated carbocycles. The van der Waals surface area contributed by atoms with Crippen LogP contribution in [0.4, 0.5) is 0 Å². The lowest BCUT2D eigenvalue weighted by Crippen LogP contribution is -2.40. The Kier molecular flexibility index (Phi) is 8.04. The van der Waals surface area contributed by atoms with E-state index in [2.05, 4.69) is 39.9 Å². The van der Waals surface area contributed by atoms with Crippen LogP contribution in [-0.2, 0) is 4.74 Å². The second-order valence-electron chi connectivity index (χ2n) is 5.94. The molecule has 0 saturated heterocycles. The maximum absolute atomic E-state index is 5.17. The highest BCUT2D eigenvalue weighted by Crippen LogP contribution is 2.21. The Bertz CT molecular complexity index is 163. The standard InChI is InChI=1S/C14H31NO/c1-7-8-13(11-15-14(3,4)5)12(2)9-10-16-6/h12-13,15H,7-11H2,1-6H3. The molecular weight excluding hydrogens is 198 g/mol. The van der Waals surface area contributed by atoms with Crippen molar-refractivity contribution in [1.29, 1.82) is 0 Å². The molecule has 2 heteroatoms. The van der Waals surface area contributed by atoms with Crippen molar-refractivity contribution in [3.63, 3.8) is 0 Å². The molecule has 0 aromatic carbocycles. The molecule has 2 nitrogen and oxygen atoms in total. The third-order valence-corrected chi connectivity index (χ3v) is 3.14. The topological polar surface area (TPSA) is 21.3 Å². The molecule has 2 unspecified atom stereocenters. The minimum Gasteiger partial charge on any atom is -0.385 e. The molecule has 16 heavy (non-hydrogen) atoms. The number of methoxy groups -OCH3 is 1. The van der Waals surface area contributed by atoms with Gasteiger partial charge < -0.3 is 10.1 Å².